The van der Waals surface area contributed by atoms with Crippen LogP contribution in [0.15, 0.2) is 0 Å². The number of hydrogen-bond donors (Lipinski definition) is 1. The van der Waals surface area contributed by atoms with Gasteiger partial charge in [-0.1, -0.05) is 0 Å². The van der Waals surface area contributed by atoms with E-state index in [2.05, 4.69) is 10.2 Å². The maximum atomic E-state index is 12.1. The lowest BCUT2D eigenvalue weighted by Gasteiger charge is -2.20. The number of halogens is 2. The molecule has 0 radical (unpaired) electrons. The summed E-state index contributed by atoms with van der Waals surface area (Å²) in [6.45, 7) is 1.10. The van der Waals surface area contributed by atoms with Crippen LogP contribution in [0.3, 0.4) is 0 Å². The van der Waals surface area contributed by atoms with Crippen molar-refractivity contribution in [1.82, 2.24) is 10.4 Å². The largest absolute Gasteiger partial charge is 0.465 e. The van der Waals surface area contributed by atoms with Crippen molar-refractivity contribution in [2.45, 2.75) is 25.8 Å². The Morgan fingerprint density at radius 3 is 2.93 bits per heavy atom. The van der Waals surface area contributed by atoms with Gasteiger partial charge in [0.1, 0.15) is 6.04 Å². The summed E-state index contributed by atoms with van der Waals surface area (Å²) in [5, 5.41) is 0.922. The molecule has 1 fully saturated rings. The molecule has 15 heavy (non-hydrogen) atoms. The predicted molar refractivity (Wildman–Crippen MR) is 45.9 cm³/mol. The van der Waals surface area contributed by atoms with E-state index in [-0.39, 0.29) is 13.0 Å². The molecule has 1 aliphatic rings. The van der Waals surface area contributed by atoms with Gasteiger partial charge in [-0.25, -0.2) is 13.8 Å². The number of carbonyl (C=O) groups is 2. The first kappa shape index (κ1) is 11.8. The molecule has 86 valence electrons. The first-order valence-corrected chi connectivity index (χ1v) is 4.55. The van der Waals surface area contributed by atoms with E-state index in [0.29, 0.717) is 0 Å². The summed E-state index contributed by atoms with van der Waals surface area (Å²) in [5.74, 6) is -1.11. The summed E-state index contributed by atoms with van der Waals surface area (Å²) in [5.41, 5.74) is 2.19. The van der Waals surface area contributed by atoms with E-state index in [1.165, 1.54) is 0 Å². The van der Waals surface area contributed by atoms with Gasteiger partial charge in [-0.3, -0.25) is 15.0 Å². The van der Waals surface area contributed by atoms with Gasteiger partial charge >= 0.3 is 5.97 Å². The molecule has 1 unspecified atom stereocenters. The van der Waals surface area contributed by atoms with Crippen LogP contribution in [-0.4, -0.2) is 42.5 Å². The van der Waals surface area contributed by atoms with Crippen LogP contribution in [0, 0.1) is 0 Å². The van der Waals surface area contributed by atoms with Crippen molar-refractivity contribution < 1.29 is 23.1 Å². The summed E-state index contributed by atoms with van der Waals surface area (Å²) in [4.78, 5) is 22.2. The number of rotatable bonds is 4. The number of amides is 1. The van der Waals surface area contributed by atoms with Crippen LogP contribution in [0.25, 0.3) is 0 Å². The van der Waals surface area contributed by atoms with Gasteiger partial charge in [-0.05, 0) is 6.92 Å². The summed E-state index contributed by atoms with van der Waals surface area (Å²) in [6, 6.07) is -0.938. The van der Waals surface area contributed by atoms with Gasteiger partial charge in [0.25, 0.3) is 6.43 Å². The molecular weight excluding hydrogens is 210 g/mol. The molecule has 1 N–H and O–H groups in total. The number of ether oxygens (including phenoxy) is 1. The van der Waals surface area contributed by atoms with Crippen LogP contribution in [0.2, 0.25) is 0 Å². The first-order chi connectivity index (χ1) is 7.04. The Labute approximate surface area is 85.3 Å². The second-order valence-corrected chi connectivity index (χ2v) is 3.05. The minimum Gasteiger partial charge on any atom is -0.465 e. The lowest BCUT2D eigenvalue weighted by molar-refractivity contribution is -0.149. The Morgan fingerprint density at radius 2 is 2.40 bits per heavy atom. The standard InChI is InChI=1S/C8H12F2N2O3/c1-2-15-8(14)5-3-7(13)11-12(5)4-6(9)10/h5-6H,2-4H2,1H3,(H,11,13). The number of alkyl halides is 2. The van der Waals surface area contributed by atoms with E-state index in [1.54, 1.807) is 6.92 Å². The zero-order valence-corrected chi connectivity index (χ0v) is 8.20. The molecule has 0 saturated carbocycles. The third-order valence-corrected chi connectivity index (χ3v) is 1.92. The molecule has 0 spiro atoms. The smallest absolute Gasteiger partial charge is 0.325 e. The molecule has 1 heterocycles. The molecule has 0 aliphatic carbocycles. The molecule has 1 rings (SSSR count). The van der Waals surface area contributed by atoms with Crippen molar-refractivity contribution >= 4 is 11.9 Å². The topological polar surface area (TPSA) is 58.6 Å². The predicted octanol–water partition coefficient (Wildman–Crippen LogP) is -0.0799. The van der Waals surface area contributed by atoms with Gasteiger partial charge in [-0.2, -0.15) is 0 Å². The van der Waals surface area contributed by atoms with Gasteiger partial charge in [0.2, 0.25) is 5.91 Å². The van der Waals surface area contributed by atoms with Crippen LogP contribution in [0.4, 0.5) is 8.78 Å². The summed E-state index contributed by atoms with van der Waals surface area (Å²) >= 11 is 0. The lowest BCUT2D eigenvalue weighted by atomic mass is 10.2. The Bertz CT molecular complexity index is 260. The summed E-state index contributed by atoms with van der Waals surface area (Å²) < 4.78 is 28.9. The molecule has 1 saturated heterocycles. The quantitative estimate of drug-likeness (QED) is 0.676. The third kappa shape index (κ3) is 3.12. The van der Waals surface area contributed by atoms with Gasteiger partial charge < -0.3 is 4.74 Å². The van der Waals surface area contributed by atoms with E-state index >= 15 is 0 Å². The van der Waals surface area contributed by atoms with Crippen LogP contribution < -0.4 is 5.43 Å². The normalized spacial score (nSPS) is 21.9. The van der Waals surface area contributed by atoms with E-state index in [4.69, 9.17) is 0 Å². The Hall–Kier alpha value is -1.24. The Kier molecular flexibility index (Phi) is 3.96. The maximum absolute atomic E-state index is 12.1. The number of hydrazine groups is 1. The number of esters is 1. The van der Waals surface area contributed by atoms with Gasteiger partial charge in [0, 0.05) is 0 Å². The van der Waals surface area contributed by atoms with Gasteiger partial charge in [0.05, 0.1) is 19.6 Å². The highest BCUT2D eigenvalue weighted by Crippen LogP contribution is 2.13. The van der Waals surface area contributed by atoms with E-state index in [9.17, 15) is 18.4 Å². The second-order valence-electron chi connectivity index (χ2n) is 3.05. The van der Waals surface area contributed by atoms with Crippen molar-refractivity contribution in [3.63, 3.8) is 0 Å². The Balaban J connectivity index is 2.60. The van der Waals surface area contributed by atoms with Crippen molar-refractivity contribution in [2.24, 2.45) is 0 Å². The van der Waals surface area contributed by atoms with Crippen molar-refractivity contribution in [3.8, 4) is 0 Å². The fourth-order valence-corrected chi connectivity index (χ4v) is 1.34. The molecule has 1 atom stereocenters. The highest BCUT2D eigenvalue weighted by atomic mass is 19.3. The SMILES string of the molecule is CCOC(=O)C1CC(=O)NN1CC(F)F. The fourth-order valence-electron chi connectivity index (χ4n) is 1.34. The first-order valence-electron chi connectivity index (χ1n) is 4.55. The van der Waals surface area contributed by atoms with Crippen LogP contribution >= 0.6 is 0 Å². The summed E-state index contributed by atoms with van der Waals surface area (Å²) in [7, 11) is 0. The van der Waals surface area contributed by atoms with E-state index in [0.717, 1.165) is 5.01 Å². The van der Waals surface area contributed by atoms with Crippen molar-refractivity contribution in [1.29, 1.82) is 0 Å². The second kappa shape index (κ2) is 5.01. The lowest BCUT2D eigenvalue weighted by Crippen LogP contribution is -2.45. The summed E-state index contributed by atoms with van der Waals surface area (Å²) in [6.07, 6.45) is -2.74. The molecule has 0 aromatic rings. The van der Waals surface area contributed by atoms with E-state index < -0.39 is 30.9 Å². The van der Waals surface area contributed by atoms with Crippen LogP contribution in [-0.2, 0) is 14.3 Å². The number of nitrogens with one attached hydrogen (secondary N) is 1. The zero-order chi connectivity index (χ0) is 11.4. The number of carbonyl (C=O) groups excluding carboxylic acids is 2. The van der Waals surface area contributed by atoms with Gasteiger partial charge in [-0.15, -0.1) is 0 Å². The maximum Gasteiger partial charge on any atom is 0.325 e. The number of hydrogen-bond acceptors (Lipinski definition) is 4. The minimum absolute atomic E-state index is 0.133. The monoisotopic (exact) mass is 222 g/mol. The highest BCUT2D eigenvalue weighted by molar-refractivity contribution is 5.88. The molecule has 1 amide bonds. The third-order valence-electron chi connectivity index (χ3n) is 1.92. The fraction of sp³-hybridized carbons (Fsp3) is 0.750. The van der Waals surface area contributed by atoms with E-state index in [1.807, 2.05) is 0 Å². The van der Waals surface area contributed by atoms with Crippen molar-refractivity contribution in [2.75, 3.05) is 13.2 Å². The molecule has 0 aromatic heterocycles. The van der Waals surface area contributed by atoms with Crippen LogP contribution in [0.5, 0.6) is 0 Å². The van der Waals surface area contributed by atoms with Gasteiger partial charge in [0.15, 0.2) is 0 Å². The Morgan fingerprint density at radius 1 is 1.73 bits per heavy atom. The molecule has 5 nitrogen and oxygen atoms in total. The minimum atomic E-state index is -2.61. The highest BCUT2D eigenvalue weighted by Gasteiger charge is 2.37. The van der Waals surface area contributed by atoms with Crippen molar-refractivity contribution in [3.05, 3.63) is 0 Å². The molecular formula is C8H12F2N2O3. The molecule has 0 aromatic carbocycles. The molecule has 1 aliphatic heterocycles. The molecule has 7 heteroatoms. The zero-order valence-electron chi connectivity index (χ0n) is 8.20. The number of nitrogens with zero attached hydrogens (tertiary/aromatic N) is 1. The average Bonchev–Trinajstić information content (AvgIpc) is 2.46. The van der Waals surface area contributed by atoms with Crippen LogP contribution in [0.1, 0.15) is 13.3 Å². The average molecular weight is 222 g/mol. The molecule has 0 bridgehead atoms.